The monoisotopic (exact) mass is 567 g/mol. The van der Waals surface area contributed by atoms with E-state index in [4.69, 9.17) is 4.42 Å². The molecule has 2 amide bonds. The Morgan fingerprint density at radius 1 is 0.842 bits per heavy atom. The number of nitrogens with zero attached hydrogens (tertiary/aromatic N) is 3. The predicted molar refractivity (Wildman–Crippen MR) is 141 cm³/mol. The SMILES string of the molecule is O=C1[C@@H]2C3c4ccccc4C(c4ccccc43)[C@@H]2C(=O)N1/N=C\c1ccc(-c2ccc(Br)cc2[N+](=O)[O-])o1. The number of nitro benzene ring substituents is 1. The zero-order valence-electron chi connectivity index (χ0n) is 19.7. The van der Waals surface area contributed by atoms with E-state index in [1.54, 1.807) is 24.3 Å². The van der Waals surface area contributed by atoms with Gasteiger partial charge in [0.2, 0.25) is 0 Å². The number of imide groups is 1. The Labute approximate surface area is 224 Å². The molecule has 2 bridgehead atoms. The van der Waals surface area contributed by atoms with E-state index < -0.39 is 16.8 Å². The summed E-state index contributed by atoms with van der Waals surface area (Å²) in [6, 6.07) is 24.0. The summed E-state index contributed by atoms with van der Waals surface area (Å²) in [5.74, 6) is -1.57. The van der Waals surface area contributed by atoms with Gasteiger partial charge in [0.1, 0.15) is 11.5 Å². The lowest BCUT2D eigenvalue weighted by Crippen LogP contribution is -2.41. The van der Waals surface area contributed by atoms with Gasteiger partial charge in [-0.3, -0.25) is 19.7 Å². The molecule has 3 aromatic carbocycles. The lowest BCUT2D eigenvalue weighted by Gasteiger charge is -2.45. The van der Waals surface area contributed by atoms with Crippen molar-refractivity contribution in [2.45, 2.75) is 11.8 Å². The van der Waals surface area contributed by atoms with Gasteiger partial charge < -0.3 is 4.42 Å². The van der Waals surface area contributed by atoms with Gasteiger partial charge in [0, 0.05) is 22.4 Å². The summed E-state index contributed by atoms with van der Waals surface area (Å²) in [4.78, 5) is 38.3. The highest BCUT2D eigenvalue weighted by Gasteiger charge is 2.61. The third-order valence-electron chi connectivity index (χ3n) is 7.77. The first kappa shape index (κ1) is 22.8. The number of hydrogen-bond acceptors (Lipinski definition) is 6. The van der Waals surface area contributed by atoms with Crippen LogP contribution in [0.5, 0.6) is 0 Å². The van der Waals surface area contributed by atoms with E-state index in [1.165, 1.54) is 12.3 Å². The van der Waals surface area contributed by atoms with Gasteiger partial charge in [0.15, 0.2) is 0 Å². The third kappa shape index (κ3) is 3.18. The number of hydrazone groups is 1. The van der Waals surface area contributed by atoms with E-state index in [0.29, 0.717) is 10.0 Å². The Bertz CT molecular complexity index is 1590. The molecule has 9 heteroatoms. The average Bonchev–Trinajstić information content (AvgIpc) is 3.50. The van der Waals surface area contributed by atoms with Crippen molar-refractivity contribution >= 4 is 39.6 Å². The first-order chi connectivity index (χ1) is 18.4. The molecular weight excluding hydrogens is 550 g/mol. The molecule has 2 atom stereocenters. The van der Waals surface area contributed by atoms with Crippen molar-refractivity contribution in [2.75, 3.05) is 0 Å². The van der Waals surface area contributed by atoms with Crippen molar-refractivity contribution in [1.82, 2.24) is 5.01 Å². The van der Waals surface area contributed by atoms with Crippen LogP contribution in [0.4, 0.5) is 5.69 Å². The molecule has 186 valence electrons. The minimum Gasteiger partial charge on any atom is -0.455 e. The fourth-order valence-electron chi connectivity index (χ4n) is 6.32. The van der Waals surface area contributed by atoms with Gasteiger partial charge in [-0.2, -0.15) is 10.1 Å². The number of carbonyl (C=O) groups excluding carboxylic acids is 2. The van der Waals surface area contributed by atoms with E-state index in [-0.39, 0.29) is 40.9 Å². The molecule has 38 heavy (non-hydrogen) atoms. The maximum Gasteiger partial charge on any atom is 0.281 e. The van der Waals surface area contributed by atoms with E-state index in [2.05, 4.69) is 45.3 Å². The Hall–Kier alpha value is -4.37. The van der Waals surface area contributed by atoms with Crippen LogP contribution < -0.4 is 0 Å². The van der Waals surface area contributed by atoms with Crippen LogP contribution in [-0.4, -0.2) is 28.0 Å². The lowest BCUT2D eigenvalue weighted by atomic mass is 9.55. The van der Waals surface area contributed by atoms with Gasteiger partial charge in [-0.25, -0.2) is 0 Å². The van der Waals surface area contributed by atoms with Crippen molar-refractivity contribution in [1.29, 1.82) is 0 Å². The number of furan rings is 1. The summed E-state index contributed by atoms with van der Waals surface area (Å²) in [6.07, 6.45) is 1.31. The zero-order chi connectivity index (χ0) is 26.1. The smallest absolute Gasteiger partial charge is 0.281 e. The van der Waals surface area contributed by atoms with E-state index in [0.717, 1.165) is 27.3 Å². The van der Waals surface area contributed by atoms with Crippen molar-refractivity contribution in [2.24, 2.45) is 16.9 Å². The number of nitro groups is 1. The molecule has 0 unspecified atom stereocenters. The largest absolute Gasteiger partial charge is 0.455 e. The quantitative estimate of drug-likeness (QED) is 0.133. The molecule has 2 heterocycles. The molecule has 0 saturated carbocycles. The Balaban J connectivity index is 1.22. The Kier molecular flexibility index (Phi) is 4.99. The molecule has 4 aromatic rings. The summed E-state index contributed by atoms with van der Waals surface area (Å²) >= 11 is 3.25. The number of benzene rings is 3. The summed E-state index contributed by atoms with van der Waals surface area (Å²) in [5, 5.41) is 16.7. The molecule has 8 nitrogen and oxygen atoms in total. The van der Waals surface area contributed by atoms with E-state index >= 15 is 0 Å². The molecule has 1 aromatic heterocycles. The van der Waals surface area contributed by atoms with Crippen LogP contribution in [0.15, 0.2) is 92.9 Å². The van der Waals surface area contributed by atoms with Crippen molar-refractivity contribution < 1.29 is 18.9 Å². The van der Waals surface area contributed by atoms with Crippen LogP contribution in [0.25, 0.3) is 11.3 Å². The number of carbonyl (C=O) groups is 2. The minimum absolute atomic E-state index is 0.110. The number of rotatable bonds is 4. The second kappa shape index (κ2) is 8.32. The van der Waals surface area contributed by atoms with Crippen LogP contribution >= 0.6 is 15.9 Å². The molecule has 8 rings (SSSR count). The second-order valence-electron chi connectivity index (χ2n) is 9.62. The summed E-state index contributed by atoms with van der Waals surface area (Å²) < 4.78 is 6.36. The number of amides is 2. The normalized spacial score (nSPS) is 23.0. The maximum absolute atomic E-state index is 13.6. The van der Waals surface area contributed by atoms with Crippen molar-refractivity contribution in [3.05, 3.63) is 121 Å². The van der Waals surface area contributed by atoms with Gasteiger partial charge in [-0.05, 0) is 46.5 Å². The Morgan fingerprint density at radius 2 is 1.39 bits per heavy atom. The molecule has 3 aliphatic carbocycles. The molecule has 0 radical (unpaired) electrons. The highest BCUT2D eigenvalue weighted by molar-refractivity contribution is 9.10. The van der Waals surface area contributed by atoms with Gasteiger partial charge in [-0.1, -0.05) is 64.5 Å². The van der Waals surface area contributed by atoms with Crippen LogP contribution in [0.2, 0.25) is 0 Å². The molecule has 1 saturated heterocycles. The minimum atomic E-state index is -0.521. The first-order valence-corrected chi connectivity index (χ1v) is 12.9. The fourth-order valence-corrected chi connectivity index (χ4v) is 6.67. The second-order valence-corrected chi connectivity index (χ2v) is 10.5. The third-order valence-corrected chi connectivity index (χ3v) is 8.27. The van der Waals surface area contributed by atoms with E-state index in [9.17, 15) is 19.7 Å². The molecule has 4 aliphatic rings. The van der Waals surface area contributed by atoms with E-state index in [1.807, 2.05) is 24.3 Å². The average molecular weight is 568 g/mol. The summed E-state index contributed by atoms with van der Waals surface area (Å²) in [6.45, 7) is 0. The van der Waals surface area contributed by atoms with Crippen LogP contribution in [0.3, 0.4) is 0 Å². The van der Waals surface area contributed by atoms with Crippen molar-refractivity contribution in [3.8, 4) is 11.3 Å². The highest BCUT2D eigenvalue weighted by Crippen LogP contribution is 2.60. The maximum atomic E-state index is 13.6. The topological polar surface area (TPSA) is 106 Å². The summed E-state index contributed by atoms with van der Waals surface area (Å²) in [5.41, 5.74) is 4.57. The zero-order valence-corrected chi connectivity index (χ0v) is 21.2. The van der Waals surface area contributed by atoms with Gasteiger partial charge in [0.05, 0.1) is 28.5 Å². The van der Waals surface area contributed by atoms with Gasteiger partial charge in [-0.15, -0.1) is 0 Å². The Morgan fingerprint density at radius 3 is 1.92 bits per heavy atom. The molecule has 1 aliphatic heterocycles. The molecule has 1 fully saturated rings. The van der Waals surface area contributed by atoms with Crippen molar-refractivity contribution in [3.63, 3.8) is 0 Å². The summed E-state index contributed by atoms with van der Waals surface area (Å²) in [7, 11) is 0. The van der Waals surface area contributed by atoms with Gasteiger partial charge in [0.25, 0.3) is 17.5 Å². The molecule has 0 spiro atoms. The molecular formula is C29H18BrN3O5. The standard InChI is InChI=1S/C29H18BrN3O5/c30-15-9-11-21(22(13-15)33(36)37)23-12-10-16(38-23)14-31-32-28(34)26-24-17-5-1-2-6-18(17)25(27(26)29(32)35)20-8-4-3-7-19(20)24/h1-14,24-27H/b31-14-/t24?,25?,26-,27+. The highest BCUT2D eigenvalue weighted by atomic mass is 79.9. The van der Waals surface area contributed by atoms with Crippen LogP contribution in [0, 0.1) is 22.0 Å². The van der Waals surface area contributed by atoms with Gasteiger partial charge >= 0.3 is 0 Å². The van der Waals surface area contributed by atoms with Crippen LogP contribution in [0.1, 0.15) is 39.8 Å². The lowest BCUT2D eigenvalue weighted by molar-refractivity contribution is -0.384. The van der Waals surface area contributed by atoms with Crippen LogP contribution in [-0.2, 0) is 9.59 Å². The predicted octanol–water partition coefficient (Wildman–Crippen LogP) is 5.84. The first-order valence-electron chi connectivity index (χ1n) is 12.1. The molecule has 0 N–H and O–H groups in total. The number of hydrogen-bond donors (Lipinski definition) is 0. The fraction of sp³-hybridized carbons (Fsp3) is 0.138. The number of halogens is 1.